The first-order valence-electron chi connectivity index (χ1n) is 23.7. The van der Waals surface area contributed by atoms with Gasteiger partial charge in [0.2, 0.25) is 17.7 Å². The molecule has 374 valence electrons. The molecule has 0 saturated carbocycles. The number of hydrogen-bond acceptors (Lipinski definition) is 10. The van der Waals surface area contributed by atoms with Gasteiger partial charge >= 0.3 is 6.09 Å². The third-order valence-electron chi connectivity index (χ3n) is 12.4. The van der Waals surface area contributed by atoms with Crippen LogP contribution in [0.25, 0.3) is 22.3 Å². The van der Waals surface area contributed by atoms with Gasteiger partial charge in [-0.1, -0.05) is 80.4 Å². The summed E-state index contributed by atoms with van der Waals surface area (Å²) in [7, 11) is 7.79. The maximum absolute atomic E-state index is 15.1. The van der Waals surface area contributed by atoms with E-state index in [2.05, 4.69) is 10.6 Å². The molecule has 5 atom stereocenters. The second-order valence-electron chi connectivity index (χ2n) is 19.3. The Balaban J connectivity index is 1.52. The lowest BCUT2D eigenvalue weighted by Gasteiger charge is -2.32. The summed E-state index contributed by atoms with van der Waals surface area (Å²) in [5.41, 5.74) is 3.77. The molecule has 4 bridgehead atoms. The zero-order valence-corrected chi connectivity index (χ0v) is 42.7. The number of nitrogens with one attached hydrogen (secondary N) is 2. The zero-order valence-electron chi connectivity index (χ0n) is 42.0. The molecule has 1 heterocycles. The number of unbranched alkanes of at least 4 members (excludes halogenated alkanes) is 1. The Morgan fingerprint density at radius 3 is 1.99 bits per heavy atom. The van der Waals surface area contributed by atoms with E-state index in [9.17, 15) is 28.8 Å². The molecule has 0 saturated heterocycles. The maximum atomic E-state index is 15.1. The molecule has 70 heavy (non-hydrogen) atoms. The predicted molar refractivity (Wildman–Crippen MR) is 270 cm³/mol. The van der Waals surface area contributed by atoms with Crippen molar-refractivity contribution in [3.63, 3.8) is 0 Å². The second-order valence-corrected chi connectivity index (χ2v) is 19.8. The van der Waals surface area contributed by atoms with Gasteiger partial charge in [-0.05, 0) is 98.7 Å². The molecular weight excluding hydrogens is 912 g/mol. The van der Waals surface area contributed by atoms with E-state index in [-0.39, 0.29) is 56.1 Å². The Morgan fingerprint density at radius 1 is 0.786 bits per heavy atom. The molecule has 0 radical (unpaired) electrons. The highest BCUT2D eigenvalue weighted by molar-refractivity contribution is 6.30. The molecule has 0 fully saturated rings. The number of hydrogen-bond donors (Lipinski definition) is 2. The van der Waals surface area contributed by atoms with E-state index in [1.54, 1.807) is 103 Å². The number of alkyl carbamates (subject to hydrolysis) is 1. The number of halogens is 1. The third-order valence-corrected chi connectivity index (χ3v) is 12.7. The highest BCUT2D eigenvalue weighted by Gasteiger charge is 2.36. The van der Waals surface area contributed by atoms with Gasteiger partial charge in [0.25, 0.3) is 0 Å². The summed E-state index contributed by atoms with van der Waals surface area (Å²) in [6.45, 7) is 8.84. The molecule has 4 amide bonds. The molecule has 0 aliphatic carbocycles. The minimum absolute atomic E-state index is 0.0939. The number of ether oxygens (including phenoxy) is 3. The molecule has 4 aromatic carbocycles. The summed E-state index contributed by atoms with van der Waals surface area (Å²) in [5.74, 6) is -3.87. The second kappa shape index (κ2) is 24.3. The first-order chi connectivity index (χ1) is 33.1. The fourth-order valence-corrected chi connectivity index (χ4v) is 8.80. The number of likely N-dealkylation sites (N-methyl/N-ethyl adjacent to an activating group) is 1. The van der Waals surface area contributed by atoms with Crippen molar-refractivity contribution >= 4 is 52.8 Å². The number of Topliss-reactive ketones (excluding diaryl/α,β-unsaturated/α-hetero) is 3. The van der Waals surface area contributed by atoms with E-state index in [0.29, 0.717) is 57.2 Å². The van der Waals surface area contributed by atoms with Gasteiger partial charge in [0.05, 0.1) is 20.3 Å². The van der Waals surface area contributed by atoms with Gasteiger partial charge in [0.15, 0.2) is 17.3 Å². The number of fused-ring (bicyclic) bond motifs is 5. The van der Waals surface area contributed by atoms with Crippen molar-refractivity contribution in [2.75, 3.05) is 41.9 Å². The fraction of sp³-hybridized carbons (Fsp3) is 0.436. The lowest BCUT2D eigenvalue weighted by Crippen LogP contribution is -2.46. The first-order valence-corrected chi connectivity index (χ1v) is 24.0. The van der Waals surface area contributed by atoms with Crippen LogP contribution in [-0.4, -0.2) is 105 Å². The van der Waals surface area contributed by atoms with E-state index in [4.69, 9.17) is 25.8 Å². The third kappa shape index (κ3) is 14.5. The average Bonchev–Trinajstić information content (AvgIpc) is 3.31. The normalized spacial score (nSPS) is 16.9. The van der Waals surface area contributed by atoms with Crippen LogP contribution in [0.2, 0.25) is 5.02 Å². The van der Waals surface area contributed by atoms with Crippen molar-refractivity contribution in [1.29, 1.82) is 0 Å². The topological polar surface area (TPSA) is 178 Å². The van der Waals surface area contributed by atoms with Crippen LogP contribution in [0.4, 0.5) is 4.79 Å². The van der Waals surface area contributed by atoms with Crippen LogP contribution < -0.4 is 20.1 Å². The van der Waals surface area contributed by atoms with Gasteiger partial charge in [0.1, 0.15) is 23.1 Å². The standard InChI is InChI=1S/C55H67ClN4O10/c1-33-27-47(63)50(39-21-25-49(69-10)43(31-39)42-29-35(14-24-48(42)68-9)30-44(58-51(33)64)46(62)28-34(2)52(65)59(6)7)60(8)53(66)40(13-11-12-26-57-54(67)70-55(3,4)5)32-45(61)38-17-15-36(16-18-38)37-19-22-41(56)23-20-37/h14-25,29,31,33-34,40,44,50H,11-13,26-28,30,32H2,1-10H3,(H,57,67)(H,58,64)/t33-,34-,40-,44+,50+/m1/s1. The van der Waals surface area contributed by atoms with E-state index < -0.39 is 59.1 Å². The molecular formula is C55H67ClN4O10. The van der Waals surface area contributed by atoms with Crippen molar-refractivity contribution < 1.29 is 47.8 Å². The van der Waals surface area contributed by atoms with Crippen LogP contribution in [0.5, 0.6) is 11.5 Å². The van der Waals surface area contributed by atoms with Gasteiger partial charge in [-0.15, -0.1) is 0 Å². The minimum atomic E-state index is -1.23. The number of amides is 4. The van der Waals surface area contributed by atoms with Crippen molar-refractivity contribution in [3.05, 3.63) is 107 Å². The molecule has 0 spiro atoms. The molecule has 5 rings (SSSR count). The Hall–Kier alpha value is -6.54. The van der Waals surface area contributed by atoms with Crippen LogP contribution in [-0.2, 0) is 35.1 Å². The molecule has 4 aromatic rings. The molecule has 0 unspecified atom stereocenters. The number of carbonyl (C=O) groups excluding carboxylic acids is 7. The monoisotopic (exact) mass is 978 g/mol. The van der Waals surface area contributed by atoms with Crippen LogP contribution in [0, 0.1) is 17.8 Å². The number of ketones is 3. The molecule has 2 N–H and O–H groups in total. The summed E-state index contributed by atoms with van der Waals surface area (Å²) in [5, 5.41) is 6.24. The number of benzene rings is 4. The quantitative estimate of drug-likeness (QED) is 0.0766. The Kier molecular flexibility index (Phi) is 18.9. The Bertz CT molecular complexity index is 2540. The van der Waals surface area contributed by atoms with Crippen molar-refractivity contribution in [2.24, 2.45) is 17.8 Å². The van der Waals surface area contributed by atoms with Gasteiger partial charge in [-0.25, -0.2) is 4.79 Å². The predicted octanol–water partition coefficient (Wildman–Crippen LogP) is 9.09. The Labute approximate surface area is 416 Å². The molecule has 14 nitrogen and oxygen atoms in total. The van der Waals surface area contributed by atoms with Gasteiger partial charge in [-0.3, -0.25) is 28.8 Å². The summed E-state index contributed by atoms with van der Waals surface area (Å²) in [6.07, 6.45) is 0.100. The lowest BCUT2D eigenvalue weighted by molar-refractivity contribution is -0.142. The minimum Gasteiger partial charge on any atom is -0.496 e. The number of nitrogens with zero attached hydrogens (tertiary/aromatic N) is 2. The Morgan fingerprint density at radius 2 is 1.39 bits per heavy atom. The van der Waals surface area contributed by atoms with E-state index in [1.807, 2.05) is 30.3 Å². The SMILES string of the molecule is COc1ccc2cc1-c1cc(ccc1OC)[C@H](N(C)C(=O)[C@H](CCCCNC(=O)OC(C)(C)C)CC(=O)c1ccc(-c3ccc(Cl)cc3)cc1)C(=O)C[C@@H](C)C(=O)N[C@H](C(=O)C[C@@H](C)C(=O)N(C)C)C2. The summed E-state index contributed by atoms with van der Waals surface area (Å²) >= 11 is 6.11. The van der Waals surface area contributed by atoms with Crippen LogP contribution in [0.1, 0.15) is 101 Å². The van der Waals surface area contributed by atoms with Gasteiger partial charge < -0.3 is 34.6 Å². The van der Waals surface area contributed by atoms with Crippen molar-refractivity contribution in [3.8, 4) is 33.8 Å². The zero-order chi connectivity index (χ0) is 51.4. The number of rotatable bonds is 17. The molecule has 15 heteroatoms. The number of methoxy groups -OCH3 is 2. The summed E-state index contributed by atoms with van der Waals surface area (Å²) in [4.78, 5) is 100. The smallest absolute Gasteiger partial charge is 0.407 e. The lowest BCUT2D eigenvalue weighted by atomic mass is 9.87. The van der Waals surface area contributed by atoms with Crippen molar-refractivity contribution in [1.82, 2.24) is 20.4 Å². The average molecular weight is 980 g/mol. The van der Waals surface area contributed by atoms with Gasteiger partial charge in [0, 0.05) is 86.4 Å². The van der Waals surface area contributed by atoms with Crippen LogP contribution in [0.15, 0.2) is 84.9 Å². The largest absolute Gasteiger partial charge is 0.496 e. The van der Waals surface area contributed by atoms with E-state index in [0.717, 1.165) is 11.1 Å². The van der Waals surface area contributed by atoms with Gasteiger partial charge in [-0.2, -0.15) is 0 Å². The maximum Gasteiger partial charge on any atom is 0.407 e. The van der Waals surface area contributed by atoms with Crippen molar-refractivity contribution in [2.45, 2.75) is 97.2 Å². The summed E-state index contributed by atoms with van der Waals surface area (Å²) in [6, 6.07) is 22.8. The fourth-order valence-electron chi connectivity index (χ4n) is 8.68. The van der Waals surface area contributed by atoms with E-state index >= 15 is 4.79 Å². The van der Waals surface area contributed by atoms with Crippen LogP contribution in [0.3, 0.4) is 0 Å². The molecule has 1 aliphatic rings. The molecule has 1 aliphatic heterocycles. The van der Waals surface area contributed by atoms with E-state index in [1.165, 1.54) is 31.1 Å². The number of carbonyl (C=O) groups is 7. The first kappa shape index (κ1) is 54.4. The highest BCUT2D eigenvalue weighted by Crippen LogP contribution is 2.41. The highest BCUT2D eigenvalue weighted by atomic mass is 35.5. The van der Waals surface area contributed by atoms with Crippen LogP contribution >= 0.6 is 11.6 Å². The molecule has 0 aromatic heterocycles. The summed E-state index contributed by atoms with van der Waals surface area (Å²) < 4.78 is 17.1.